The van der Waals surface area contributed by atoms with E-state index in [1.807, 2.05) is 0 Å². The van der Waals surface area contributed by atoms with Crippen LogP contribution in [-0.2, 0) is 16.0 Å². The van der Waals surface area contributed by atoms with E-state index in [9.17, 15) is 13.2 Å². The van der Waals surface area contributed by atoms with Crippen LogP contribution >= 0.6 is 0 Å². The number of hydrogen-bond acceptors (Lipinski definition) is 5. The maximum absolute atomic E-state index is 12.3. The van der Waals surface area contributed by atoms with Gasteiger partial charge in [0, 0.05) is 45.1 Å². The topological polar surface area (TPSA) is 77.0 Å². The molecule has 0 aliphatic carbocycles. The molecule has 28 heavy (non-hydrogen) atoms. The van der Waals surface area contributed by atoms with Crippen molar-refractivity contribution in [1.29, 1.82) is 0 Å². The van der Waals surface area contributed by atoms with E-state index in [1.54, 1.807) is 19.2 Å². The summed E-state index contributed by atoms with van der Waals surface area (Å²) in [5.41, 5.74) is 0.509. The summed E-state index contributed by atoms with van der Waals surface area (Å²) in [6.07, 6.45) is 0.135. The molecule has 1 aromatic heterocycles. The third kappa shape index (κ3) is 8.75. The molecule has 1 saturated heterocycles. The summed E-state index contributed by atoms with van der Waals surface area (Å²) in [4.78, 5) is 7.96. The van der Waals surface area contributed by atoms with Gasteiger partial charge in [-0.05, 0) is 25.3 Å². The monoisotopic (exact) mass is 404 g/mol. The molecule has 0 bridgehead atoms. The fourth-order valence-electron chi connectivity index (χ4n) is 2.61. The van der Waals surface area contributed by atoms with Crippen molar-refractivity contribution in [2.45, 2.75) is 38.1 Å². The largest absolute Gasteiger partial charge is 0.468 e. The highest BCUT2D eigenvalue weighted by atomic mass is 19.4. The zero-order chi connectivity index (χ0) is 20.2. The van der Waals surface area contributed by atoms with Crippen molar-refractivity contribution in [2.75, 3.05) is 40.0 Å². The van der Waals surface area contributed by atoms with Crippen molar-refractivity contribution in [3.05, 3.63) is 23.9 Å². The SMILES string of the molecule is CN=C(NCCCOCC1CCCO1)NCc1cccnc1OCC(F)(F)F. The molecule has 2 rings (SSSR count). The summed E-state index contributed by atoms with van der Waals surface area (Å²) in [6, 6.07) is 3.29. The van der Waals surface area contributed by atoms with Crippen LogP contribution in [0.15, 0.2) is 23.3 Å². The molecule has 0 amide bonds. The van der Waals surface area contributed by atoms with Crippen LogP contribution in [0.3, 0.4) is 0 Å². The van der Waals surface area contributed by atoms with Crippen molar-refractivity contribution < 1.29 is 27.4 Å². The van der Waals surface area contributed by atoms with Gasteiger partial charge in [-0.3, -0.25) is 4.99 Å². The summed E-state index contributed by atoms with van der Waals surface area (Å²) in [7, 11) is 1.62. The Morgan fingerprint density at radius 3 is 2.96 bits per heavy atom. The standard InChI is InChI=1S/C18H27F3N4O3/c1-22-17(24-8-4-9-26-12-15-6-3-10-27-15)25-11-14-5-2-7-23-16(14)28-13-18(19,20)21/h2,5,7,15H,3-4,6,8-13H2,1H3,(H2,22,24,25). The van der Waals surface area contributed by atoms with Crippen molar-refractivity contribution in [3.8, 4) is 5.88 Å². The molecule has 2 heterocycles. The van der Waals surface area contributed by atoms with E-state index in [0.29, 0.717) is 31.3 Å². The van der Waals surface area contributed by atoms with Crippen molar-refractivity contribution in [2.24, 2.45) is 4.99 Å². The number of aliphatic imine (C=N–C) groups is 1. The van der Waals surface area contributed by atoms with Gasteiger partial charge in [-0.2, -0.15) is 13.2 Å². The minimum absolute atomic E-state index is 0.0506. The van der Waals surface area contributed by atoms with Crippen LogP contribution in [0.4, 0.5) is 13.2 Å². The predicted octanol–water partition coefficient (Wildman–Crippen LogP) is 2.27. The van der Waals surface area contributed by atoms with Gasteiger partial charge in [-0.15, -0.1) is 0 Å². The number of guanidine groups is 1. The predicted molar refractivity (Wildman–Crippen MR) is 98.4 cm³/mol. The highest BCUT2D eigenvalue weighted by Crippen LogP contribution is 2.19. The molecule has 0 aromatic carbocycles. The second-order valence-corrected chi connectivity index (χ2v) is 6.29. The summed E-state index contributed by atoms with van der Waals surface area (Å²) in [6.45, 7) is 1.55. The van der Waals surface area contributed by atoms with Gasteiger partial charge in [0.25, 0.3) is 0 Å². The number of alkyl halides is 3. The Labute approximate surface area is 162 Å². The first-order chi connectivity index (χ1) is 13.5. The van der Waals surface area contributed by atoms with Crippen molar-refractivity contribution in [1.82, 2.24) is 15.6 Å². The quantitative estimate of drug-likeness (QED) is 0.354. The number of nitrogens with one attached hydrogen (secondary N) is 2. The van der Waals surface area contributed by atoms with Crippen LogP contribution in [0.2, 0.25) is 0 Å². The smallest absolute Gasteiger partial charge is 0.422 e. The van der Waals surface area contributed by atoms with Crippen LogP contribution in [0.5, 0.6) is 5.88 Å². The summed E-state index contributed by atoms with van der Waals surface area (Å²) in [5.74, 6) is 0.482. The normalized spacial score (nSPS) is 17.6. The van der Waals surface area contributed by atoms with Gasteiger partial charge in [0.1, 0.15) is 0 Å². The third-order valence-electron chi connectivity index (χ3n) is 3.98. The first kappa shape index (κ1) is 22.2. The second kappa shape index (κ2) is 11.7. The minimum Gasteiger partial charge on any atom is -0.468 e. The lowest BCUT2D eigenvalue weighted by molar-refractivity contribution is -0.154. The number of nitrogens with zero attached hydrogens (tertiary/aromatic N) is 2. The van der Waals surface area contributed by atoms with Gasteiger partial charge in [-0.25, -0.2) is 4.98 Å². The Kier molecular flexibility index (Phi) is 9.29. The van der Waals surface area contributed by atoms with Crippen LogP contribution in [0.1, 0.15) is 24.8 Å². The van der Waals surface area contributed by atoms with E-state index in [0.717, 1.165) is 25.9 Å². The van der Waals surface area contributed by atoms with Crippen LogP contribution in [-0.4, -0.2) is 63.2 Å². The average Bonchev–Trinajstić information content (AvgIpc) is 3.18. The Morgan fingerprint density at radius 2 is 2.25 bits per heavy atom. The molecular weight excluding hydrogens is 377 g/mol. The zero-order valence-electron chi connectivity index (χ0n) is 15.9. The second-order valence-electron chi connectivity index (χ2n) is 6.29. The number of ether oxygens (including phenoxy) is 3. The third-order valence-corrected chi connectivity index (χ3v) is 3.98. The fourth-order valence-corrected chi connectivity index (χ4v) is 2.61. The molecule has 0 saturated carbocycles. The van der Waals surface area contributed by atoms with Gasteiger partial charge in [0.05, 0.1) is 12.7 Å². The van der Waals surface area contributed by atoms with E-state index in [-0.39, 0.29) is 18.5 Å². The van der Waals surface area contributed by atoms with Crippen molar-refractivity contribution >= 4 is 5.96 Å². The zero-order valence-corrected chi connectivity index (χ0v) is 15.9. The highest BCUT2D eigenvalue weighted by molar-refractivity contribution is 5.79. The lowest BCUT2D eigenvalue weighted by Crippen LogP contribution is -2.37. The molecule has 0 spiro atoms. The first-order valence-corrected chi connectivity index (χ1v) is 9.25. The van der Waals surface area contributed by atoms with E-state index in [1.165, 1.54) is 6.20 Å². The van der Waals surface area contributed by atoms with Gasteiger partial charge in [-0.1, -0.05) is 6.07 Å². The minimum atomic E-state index is -4.41. The number of halogens is 3. The molecule has 1 aliphatic heterocycles. The maximum Gasteiger partial charge on any atom is 0.422 e. The molecule has 10 heteroatoms. The molecule has 2 N–H and O–H groups in total. The molecule has 0 radical (unpaired) electrons. The number of aromatic nitrogens is 1. The molecule has 1 unspecified atom stereocenters. The maximum atomic E-state index is 12.3. The summed E-state index contributed by atoms with van der Waals surface area (Å²) >= 11 is 0. The van der Waals surface area contributed by atoms with Gasteiger partial charge in [0.2, 0.25) is 5.88 Å². The molecule has 1 atom stereocenters. The Morgan fingerprint density at radius 1 is 1.39 bits per heavy atom. The van der Waals surface area contributed by atoms with E-state index in [4.69, 9.17) is 14.2 Å². The Bertz CT molecular complexity index is 608. The van der Waals surface area contributed by atoms with E-state index < -0.39 is 12.8 Å². The number of hydrogen-bond donors (Lipinski definition) is 2. The fraction of sp³-hybridized carbons (Fsp3) is 0.667. The lowest BCUT2D eigenvalue weighted by atomic mass is 10.2. The Balaban J connectivity index is 1.66. The van der Waals surface area contributed by atoms with Gasteiger partial charge >= 0.3 is 6.18 Å². The van der Waals surface area contributed by atoms with Crippen LogP contribution in [0.25, 0.3) is 0 Å². The average molecular weight is 404 g/mol. The van der Waals surface area contributed by atoms with Gasteiger partial charge in [0.15, 0.2) is 12.6 Å². The number of rotatable bonds is 10. The molecular formula is C18H27F3N4O3. The molecule has 1 aromatic rings. The summed E-state index contributed by atoms with van der Waals surface area (Å²) in [5, 5.41) is 6.17. The highest BCUT2D eigenvalue weighted by Gasteiger charge is 2.29. The molecule has 158 valence electrons. The lowest BCUT2D eigenvalue weighted by Gasteiger charge is -2.15. The van der Waals surface area contributed by atoms with Gasteiger partial charge < -0.3 is 24.8 Å². The van der Waals surface area contributed by atoms with Crippen LogP contribution in [0, 0.1) is 0 Å². The number of pyridine rings is 1. The summed E-state index contributed by atoms with van der Waals surface area (Å²) < 4.78 is 52.9. The van der Waals surface area contributed by atoms with E-state index >= 15 is 0 Å². The van der Waals surface area contributed by atoms with E-state index in [2.05, 4.69) is 20.6 Å². The first-order valence-electron chi connectivity index (χ1n) is 9.25. The van der Waals surface area contributed by atoms with Crippen LogP contribution < -0.4 is 15.4 Å². The Hall–Kier alpha value is -2.07. The van der Waals surface area contributed by atoms with Crippen molar-refractivity contribution in [3.63, 3.8) is 0 Å². The molecule has 1 fully saturated rings. The molecule has 7 nitrogen and oxygen atoms in total. The molecule has 1 aliphatic rings.